The minimum absolute atomic E-state index is 0.0790. The van der Waals surface area contributed by atoms with Gasteiger partial charge in [0.15, 0.2) is 0 Å². The third kappa shape index (κ3) is 2.57. The number of phenols is 1. The Balaban J connectivity index is 1.72. The molecule has 3 N–H and O–H groups in total. The zero-order chi connectivity index (χ0) is 17.7. The summed E-state index contributed by atoms with van der Waals surface area (Å²) in [7, 11) is 5.60. The van der Waals surface area contributed by atoms with E-state index in [1.807, 2.05) is 6.07 Å². The van der Waals surface area contributed by atoms with Crippen molar-refractivity contribution in [3.63, 3.8) is 0 Å². The van der Waals surface area contributed by atoms with Crippen LogP contribution in [-0.2, 0) is 6.42 Å². The summed E-state index contributed by atoms with van der Waals surface area (Å²) < 4.78 is 0. The van der Waals surface area contributed by atoms with E-state index >= 15 is 0 Å². The summed E-state index contributed by atoms with van der Waals surface area (Å²) in [6.07, 6.45) is 5.24. The van der Waals surface area contributed by atoms with Crippen LogP contribution >= 0.6 is 0 Å². The SMILES string of the molecule is CN(C)C(=O)NC[C@@H]1C=C2c3c(O)ccc4[nH]cc(c34)C[C@H]2N(C)C1. The van der Waals surface area contributed by atoms with Gasteiger partial charge in [0.1, 0.15) is 5.75 Å². The van der Waals surface area contributed by atoms with Crippen LogP contribution in [0.25, 0.3) is 16.5 Å². The van der Waals surface area contributed by atoms with Crippen LogP contribution in [0.4, 0.5) is 4.79 Å². The van der Waals surface area contributed by atoms with Gasteiger partial charge in [-0.15, -0.1) is 0 Å². The van der Waals surface area contributed by atoms with Gasteiger partial charge in [-0.3, -0.25) is 4.90 Å². The van der Waals surface area contributed by atoms with Crippen LogP contribution in [0.15, 0.2) is 24.4 Å². The molecule has 1 aliphatic carbocycles. The molecule has 0 unspecified atom stereocenters. The van der Waals surface area contributed by atoms with Crippen LogP contribution in [0.2, 0.25) is 0 Å². The molecule has 0 bridgehead atoms. The number of amides is 2. The maximum atomic E-state index is 11.8. The maximum absolute atomic E-state index is 11.8. The number of likely N-dealkylation sites (N-methyl/N-ethyl adjacent to an activating group) is 1. The number of benzene rings is 1. The van der Waals surface area contributed by atoms with E-state index < -0.39 is 0 Å². The highest BCUT2D eigenvalue weighted by Crippen LogP contribution is 2.44. The number of phenolic OH excluding ortho intramolecular Hbond substituents is 1. The fraction of sp³-hybridized carbons (Fsp3) is 0.421. The van der Waals surface area contributed by atoms with Gasteiger partial charge in [0, 0.05) is 61.8 Å². The van der Waals surface area contributed by atoms with Gasteiger partial charge in [0.25, 0.3) is 0 Å². The Morgan fingerprint density at radius 3 is 3.00 bits per heavy atom. The van der Waals surface area contributed by atoms with Gasteiger partial charge in [-0.1, -0.05) is 6.08 Å². The van der Waals surface area contributed by atoms with Crippen molar-refractivity contribution >= 4 is 22.5 Å². The van der Waals surface area contributed by atoms with Gasteiger partial charge in [-0.2, -0.15) is 0 Å². The zero-order valence-electron chi connectivity index (χ0n) is 14.8. The second kappa shape index (κ2) is 5.81. The molecule has 0 saturated heterocycles. The molecule has 2 amide bonds. The molecule has 1 aromatic heterocycles. The third-order valence-electron chi connectivity index (χ3n) is 5.36. The van der Waals surface area contributed by atoms with Crippen LogP contribution < -0.4 is 5.32 Å². The molecule has 6 heteroatoms. The first-order chi connectivity index (χ1) is 12.0. The molecule has 25 heavy (non-hydrogen) atoms. The molecule has 1 aliphatic heterocycles. The molecule has 2 aliphatic rings. The number of H-pyrrole nitrogens is 1. The van der Waals surface area contributed by atoms with Crippen molar-refractivity contribution in [3.8, 4) is 5.75 Å². The highest BCUT2D eigenvalue weighted by atomic mass is 16.3. The Bertz CT molecular complexity index is 868. The van der Waals surface area contributed by atoms with Crippen LogP contribution in [0.1, 0.15) is 11.1 Å². The van der Waals surface area contributed by atoms with Crippen molar-refractivity contribution in [1.82, 2.24) is 20.1 Å². The Morgan fingerprint density at radius 2 is 2.24 bits per heavy atom. The monoisotopic (exact) mass is 340 g/mol. The molecule has 4 rings (SSSR count). The Morgan fingerprint density at radius 1 is 1.44 bits per heavy atom. The second-order valence-electron chi connectivity index (χ2n) is 7.32. The molecular formula is C19H24N4O2. The highest BCUT2D eigenvalue weighted by molar-refractivity contribution is 6.00. The summed E-state index contributed by atoms with van der Waals surface area (Å²) >= 11 is 0. The van der Waals surface area contributed by atoms with Gasteiger partial charge in [0.05, 0.1) is 0 Å². The van der Waals surface area contributed by atoms with Gasteiger partial charge in [-0.25, -0.2) is 4.79 Å². The quantitative estimate of drug-likeness (QED) is 0.783. The number of nitrogens with one attached hydrogen (secondary N) is 2. The molecule has 2 heterocycles. The average molecular weight is 340 g/mol. The van der Waals surface area contributed by atoms with E-state index in [9.17, 15) is 9.90 Å². The molecule has 2 aromatic rings. The van der Waals surface area contributed by atoms with E-state index in [0.717, 1.165) is 29.4 Å². The molecule has 0 spiro atoms. The first-order valence-corrected chi connectivity index (χ1v) is 8.65. The number of fused-ring (bicyclic) bond motifs is 2. The lowest BCUT2D eigenvalue weighted by molar-refractivity contribution is 0.210. The standard InChI is InChI=1S/C19H24N4O2/c1-22(2)19(25)21-8-11-6-13-15(23(3)10-11)7-12-9-20-14-4-5-16(24)18(13)17(12)14/h4-6,9,11,15,20,24H,7-8,10H2,1-3H3,(H,21,25)/t11-,15+/m0/s1. The van der Waals surface area contributed by atoms with Gasteiger partial charge in [-0.05, 0) is 36.7 Å². The molecule has 6 nitrogen and oxygen atoms in total. The van der Waals surface area contributed by atoms with Crippen LogP contribution in [-0.4, -0.2) is 66.2 Å². The summed E-state index contributed by atoms with van der Waals surface area (Å²) in [4.78, 5) is 19.0. The predicted molar refractivity (Wildman–Crippen MR) is 98.6 cm³/mol. The molecule has 132 valence electrons. The summed E-state index contributed by atoms with van der Waals surface area (Å²) in [6, 6.07) is 3.88. The van der Waals surface area contributed by atoms with Gasteiger partial charge >= 0.3 is 6.03 Å². The topological polar surface area (TPSA) is 71.6 Å². The summed E-state index contributed by atoms with van der Waals surface area (Å²) in [5.74, 6) is 0.547. The van der Waals surface area contributed by atoms with E-state index in [1.54, 1.807) is 25.1 Å². The lowest BCUT2D eigenvalue weighted by Gasteiger charge is -2.40. The number of urea groups is 1. The Hall–Kier alpha value is -2.47. The fourth-order valence-electron chi connectivity index (χ4n) is 4.11. The smallest absolute Gasteiger partial charge is 0.316 e. The molecule has 1 aromatic carbocycles. The van der Waals surface area contributed by atoms with Crippen molar-refractivity contribution in [3.05, 3.63) is 35.5 Å². The lowest BCUT2D eigenvalue weighted by Crippen LogP contribution is -2.46. The first-order valence-electron chi connectivity index (χ1n) is 8.65. The molecule has 0 radical (unpaired) electrons. The largest absolute Gasteiger partial charge is 0.507 e. The summed E-state index contributed by atoms with van der Waals surface area (Å²) in [5.41, 5.74) is 4.44. The van der Waals surface area contributed by atoms with E-state index in [-0.39, 0.29) is 18.0 Å². The van der Waals surface area contributed by atoms with E-state index in [1.165, 1.54) is 11.1 Å². The summed E-state index contributed by atoms with van der Waals surface area (Å²) in [5, 5.41) is 14.6. The maximum Gasteiger partial charge on any atom is 0.316 e. The zero-order valence-corrected chi connectivity index (χ0v) is 14.8. The Kier molecular flexibility index (Phi) is 3.72. The normalized spacial score (nSPS) is 22.4. The fourth-order valence-corrected chi connectivity index (χ4v) is 4.11. The van der Waals surface area contributed by atoms with Crippen molar-refractivity contribution < 1.29 is 9.90 Å². The van der Waals surface area contributed by atoms with E-state index in [4.69, 9.17) is 0 Å². The number of aromatic nitrogens is 1. The van der Waals surface area contributed by atoms with Crippen LogP contribution in [0.3, 0.4) is 0 Å². The van der Waals surface area contributed by atoms with Crippen molar-refractivity contribution in [2.24, 2.45) is 5.92 Å². The number of hydrogen-bond acceptors (Lipinski definition) is 3. The van der Waals surface area contributed by atoms with Crippen molar-refractivity contribution in [1.29, 1.82) is 0 Å². The molecular weight excluding hydrogens is 316 g/mol. The predicted octanol–water partition coefficient (Wildman–Crippen LogP) is 2.01. The number of carbonyl (C=O) groups excluding carboxylic acids is 1. The van der Waals surface area contributed by atoms with E-state index in [0.29, 0.717) is 12.3 Å². The minimum atomic E-state index is -0.0790. The highest BCUT2D eigenvalue weighted by Gasteiger charge is 2.35. The second-order valence-corrected chi connectivity index (χ2v) is 7.32. The van der Waals surface area contributed by atoms with Crippen LogP contribution in [0, 0.1) is 5.92 Å². The third-order valence-corrected chi connectivity index (χ3v) is 5.36. The lowest BCUT2D eigenvalue weighted by atomic mass is 9.79. The van der Waals surface area contributed by atoms with E-state index in [2.05, 4.69) is 34.5 Å². The minimum Gasteiger partial charge on any atom is -0.507 e. The number of rotatable bonds is 2. The Labute approximate surface area is 147 Å². The number of carbonyl (C=O) groups is 1. The van der Waals surface area contributed by atoms with Gasteiger partial charge in [0.2, 0.25) is 0 Å². The number of hydrogen-bond donors (Lipinski definition) is 3. The first kappa shape index (κ1) is 16.0. The number of nitrogens with zero attached hydrogens (tertiary/aromatic N) is 2. The van der Waals surface area contributed by atoms with Crippen molar-refractivity contribution in [2.75, 3.05) is 34.2 Å². The van der Waals surface area contributed by atoms with Gasteiger partial charge < -0.3 is 20.3 Å². The van der Waals surface area contributed by atoms with Crippen molar-refractivity contribution in [2.45, 2.75) is 12.5 Å². The number of aromatic amines is 1. The molecule has 0 saturated carbocycles. The average Bonchev–Trinajstić information content (AvgIpc) is 2.99. The number of aromatic hydroxyl groups is 1. The molecule has 0 fully saturated rings. The summed E-state index contributed by atoms with van der Waals surface area (Å²) in [6.45, 7) is 1.48. The molecule has 2 atom stereocenters. The van der Waals surface area contributed by atoms with Crippen LogP contribution in [0.5, 0.6) is 5.75 Å².